The fourth-order valence-electron chi connectivity index (χ4n) is 4.52. The summed E-state index contributed by atoms with van der Waals surface area (Å²) >= 11 is 0. The van der Waals surface area contributed by atoms with Gasteiger partial charge in [-0.3, -0.25) is 9.69 Å². The summed E-state index contributed by atoms with van der Waals surface area (Å²) in [6.45, 7) is 6.14. The van der Waals surface area contributed by atoms with Gasteiger partial charge in [0.15, 0.2) is 0 Å². The summed E-state index contributed by atoms with van der Waals surface area (Å²) in [7, 11) is 0. The predicted molar refractivity (Wildman–Crippen MR) is 80.3 cm³/mol. The summed E-state index contributed by atoms with van der Waals surface area (Å²) in [5.41, 5.74) is 5.85. The second-order valence-electron chi connectivity index (χ2n) is 7.02. The Morgan fingerprint density at radius 1 is 1.15 bits per heavy atom. The first kappa shape index (κ1) is 14.3. The number of rotatable bonds is 2. The van der Waals surface area contributed by atoms with Crippen LogP contribution >= 0.6 is 0 Å². The van der Waals surface area contributed by atoms with Crippen molar-refractivity contribution in [3.05, 3.63) is 0 Å². The molecule has 4 heteroatoms. The molecule has 3 rings (SSSR count). The molecule has 4 unspecified atom stereocenters. The zero-order chi connectivity index (χ0) is 14.1. The Kier molecular flexibility index (Phi) is 4.32. The van der Waals surface area contributed by atoms with E-state index in [4.69, 9.17) is 5.73 Å². The third-order valence-corrected chi connectivity index (χ3v) is 5.75. The van der Waals surface area contributed by atoms with Crippen molar-refractivity contribution in [2.24, 2.45) is 17.6 Å². The zero-order valence-electron chi connectivity index (χ0n) is 12.8. The molecule has 2 heterocycles. The molecule has 0 aromatic heterocycles. The highest BCUT2D eigenvalue weighted by molar-refractivity contribution is 5.80. The van der Waals surface area contributed by atoms with Crippen LogP contribution in [0.2, 0.25) is 0 Å². The van der Waals surface area contributed by atoms with Crippen LogP contribution in [0.5, 0.6) is 0 Å². The maximum atomic E-state index is 12.9. The van der Waals surface area contributed by atoms with Gasteiger partial charge in [0.1, 0.15) is 0 Å². The quantitative estimate of drug-likeness (QED) is 0.832. The number of hydrogen-bond acceptors (Lipinski definition) is 3. The average molecular weight is 279 g/mol. The van der Waals surface area contributed by atoms with E-state index in [-0.39, 0.29) is 5.92 Å². The second kappa shape index (κ2) is 6.02. The van der Waals surface area contributed by atoms with Gasteiger partial charge >= 0.3 is 0 Å². The number of fused-ring (bicyclic) bond motifs is 1. The number of piperazine rings is 1. The molecule has 1 amide bonds. The third kappa shape index (κ3) is 2.60. The summed E-state index contributed by atoms with van der Waals surface area (Å²) in [5, 5.41) is 0. The lowest BCUT2D eigenvalue weighted by Gasteiger charge is -2.48. The van der Waals surface area contributed by atoms with Crippen LogP contribution in [0, 0.1) is 11.8 Å². The number of carbonyl (C=O) groups is 1. The molecule has 2 aliphatic heterocycles. The van der Waals surface area contributed by atoms with Gasteiger partial charge in [-0.05, 0) is 51.6 Å². The number of nitrogens with zero attached hydrogens (tertiary/aromatic N) is 2. The van der Waals surface area contributed by atoms with Gasteiger partial charge in [0.05, 0.1) is 0 Å². The van der Waals surface area contributed by atoms with Gasteiger partial charge in [-0.15, -0.1) is 0 Å². The number of hydrogen-bond donors (Lipinski definition) is 1. The van der Waals surface area contributed by atoms with Crippen LogP contribution in [0.4, 0.5) is 0 Å². The molecule has 0 aromatic rings. The topological polar surface area (TPSA) is 49.6 Å². The molecule has 1 aliphatic carbocycles. The Morgan fingerprint density at radius 2 is 2.00 bits per heavy atom. The maximum Gasteiger partial charge on any atom is 0.226 e. The summed E-state index contributed by atoms with van der Waals surface area (Å²) in [4.78, 5) is 17.7. The molecule has 0 radical (unpaired) electrons. The van der Waals surface area contributed by atoms with Crippen LogP contribution in [-0.2, 0) is 4.79 Å². The van der Waals surface area contributed by atoms with E-state index in [9.17, 15) is 4.79 Å². The lowest BCUT2D eigenvalue weighted by Crippen LogP contribution is -2.61. The number of amides is 1. The molecule has 3 fully saturated rings. The van der Waals surface area contributed by atoms with E-state index in [0.717, 1.165) is 25.9 Å². The molecule has 4 atom stereocenters. The predicted octanol–water partition coefficient (Wildman–Crippen LogP) is 1.45. The lowest BCUT2D eigenvalue weighted by molar-refractivity contribution is -0.143. The number of nitrogens with two attached hydrogens (primary N) is 1. The largest absolute Gasteiger partial charge is 0.337 e. The number of piperidine rings is 1. The van der Waals surface area contributed by atoms with Gasteiger partial charge in [-0.25, -0.2) is 0 Å². The van der Waals surface area contributed by atoms with Crippen molar-refractivity contribution in [3.8, 4) is 0 Å². The zero-order valence-corrected chi connectivity index (χ0v) is 12.8. The molecule has 0 spiro atoms. The van der Waals surface area contributed by atoms with Crippen molar-refractivity contribution in [1.29, 1.82) is 0 Å². The van der Waals surface area contributed by atoms with Gasteiger partial charge in [-0.2, -0.15) is 0 Å². The van der Waals surface area contributed by atoms with Crippen LogP contribution in [0.3, 0.4) is 0 Å². The molecule has 1 saturated carbocycles. The summed E-state index contributed by atoms with van der Waals surface area (Å²) in [6, 6.07) is 0.984. The minimum absolute atomic E-state index is 0.206. The van der Waals surface area contributed by atoms with E-state index >= 15 is 0 Å². The van der Waals surface area contributed by atoms with Gasteiger partial charge in [0.25, 0.3) is 0 Å². The highest BCUT2D eigenvalue weighted by Crippen LogP contribution is 2.34. The molecular weight excluding hydrogens is 250 g/mol. The fraction of sp³-hybridized carbons (Fsp3) is 0.938. The van der Waals surface area contributed by atoms with Crippen LogP contribution in [0.25, 0.3) is 0 Å². The second-order valence-corrected chi connectivity index (χ2v) is 7.02. The molecule has 4 nitrogen and oxygen atoms in total. The normalized spacial score (nSPS) is 38.8. The van der Waals surface area contributed by atoms with Gasteiger partial charge < -0.3 is 10.6 Å². The van der Waals surface area contributed by atoms with Crippen LogP contribution in [-0.4, -0.2) is 54.0 Å². The Balaban J connectivity index is 1.67. The highest BCUT2D eigenvalue weighted by atomic mass is 16.2. The molecule has 20 heavy (non-hydrogen) atoms. The Bertz CT molecular complexity index is 360. The van der Waals surface area contributed by atoms with E-state index < -0.39 is 0 Å². The smallest absolute Gasteiger partial charge is 0.226 e. The van der Waals surface area contributed by atoms with E-state index in [1.165, 1.54) is 32.2 Å². The fourth-order valence-corrected chi connectivity index (χ4v) is 4.52. The summed E-state index contributed by atoms with van der Waals surface area (Å²) in [6.07, 6.45) is 7.29. The van der Waals surface area contributed by atoms with Gasteiger partial charge in [0, 0.05) is 31.1 Å². The van der Waals surface area contributed by atoms with Crippen molar-refractivity contribution >= 4 is 5.91 Å². The minimum Gasteiger partial charge on any atom is -0.337 e. The first-order valence-electron chi connectivity index (χ1n) is 8.45. The van der Waals surface area contributed by atoms with Gasteiger partial charge in [-0.1, -0.05) is 12.8 Å². The van der Waals surface area contributed by atoms with E-state index in [2.05, 4.69) is 16.7 Å². The number of carbonyl (C=O) groups excluding carboxylic acids is 1. The van der Waals surface area contributed by atoms with Crippen molar-refractivity contribution in [1.82, 2.24) is 9.80 Å². The summed E-state index contributed by atoms with van der Waals surface area (Å²) in [5.74, 6) is 1.03. The first-order valence-corrected chi connectivity index (χ1v) is 8.45. The molecule has 3 aliphatic rings. The van der Waals surface area contributed by atoms with E-state index in [0.29, 0.717) is 30.5 Å². The van der Waals surface area contributed by atoms with Gasteiger partial charge in [0.2, 0.25) is 5.91 Å². The highest BCUT2D eigenvalue weighted by Gasteiger charge is 2.40. The van der Waals surface area contributed by atoms with E-state index in [1.807, 2.05) is 0 Å². The molecular formula is C16H29N3O. The van der Waals surface area contributed by atoms with Crippen molar-refractivity contribution in [2.75, 3.05) is 26.2 Å². The SMILES string of the molecule is CC1CN2CCCCC2CN1C(=O)C1CCCC1CN. The summed E-state index contributed by atoms with van der Waals surface area (Å²) < 4.78 is 0. The van der Waals surface area contributed by atoms with Crippen LogP contribution in [0.1, 0.15) is 45.4 Å². The lowest BCUT2D eigenvalue weighted by atomic mass is 9.91. The molecule has 114 valence electrons. The molecule has 0 bridgehead atoms. The Hall–Kier alpha value is -0.610. The van der Waals surface area contributed by atoms with Crippen LogP contribution < -0.4 is 5.73 Å². The van der Waals surface area contributed by atoms with Crippen LogP contribution in [0.15, 0.2) is 0 Å². The molecule has 2 saturated heterocycles. The molecule has 2 N–H and O–H groups in total. The molecule has 0 aromatic carbocycles. The Morgan fingerprint density at radius 3 is 2.80 bits per heavy atom. The third-order valence-electron chi connectivity index (χ3n) is 5.75. The average Bonchev–Trinajstić information content (AvgIpc) is 2.94. The van der Waals surface area contributed by atoms with E-state index in [1.54, 1.807) is 0 Å². The standard InChI is InChI=1S/C16H29N3O/c1-12-10-18-8-3-2-6-14(18)11-19(12)16(20)15-7-4-5-13(15)9-17/h12-15H,2-11,17H2,1H3. The van der Waals surface area contributed by atoms with Crippen molar-refractivity contribution in [3.63, 3.8) is 0 Å². The monoisotopic (exact) mass is 279 g/mol. The maximum absolute atomic E-state index is 12.9. The van der Waals surface area contributed by atoms with Crippen molar-refractivity contribution < 1.29 is 4.79 Å². The van der Waals surface area contributed by atoms with Crippen molar-refractivity contribution in [2.45, 2.75) is 57.5 Å². The minimum atomic E-state index is 0.206. The Labute approximate surface area is 122 Å². The first-order chi connectivity index (χ1) is 9.70.